The molecule has 1 N–H and O–H groups in total. The van der Waals surface area contributed by atoms with Gasteiger partial charge in [0.15, 0.2) is 0 Å². The molecule has 1 amide bonds. The monoisotopic (exact) mass is 386 g/mol. The van der Waals surface area contributed by atoms with Gasteiger partial charge in [0.05, 0.1) is 6.10 Å². The van der Waals surface area contributed by atoms with E-state index < -0.39 is 6.10 Å². The van der Waals surface area contributed by atoms with E-state index >= 15 is 0 Å². The molecule has 0 spiro atoms. The first-order chi connectivity index (χ1) is 13.6. The van der Waals surface area contributed by atoms with E-state index in [0.717, 1.165) is 44.3 Å². The number of nitrogens with zero attached hydrogens (tertiary/aromatic N) is 4. The number of carbonyl (C=O) groups excluding carboxylic acids is 1. The lowest BCUT2D eigenvalue weighted by Crippen LogP contribution is -2.44. The lowest BCUT2D eigenvalue weighted by molar-refractivity contribution is -0.135. The topological polar surface area (TPSA) is 80.4 Å². The molecule has 3 rings (SSSR count). The van der Waals surface area contributed by atoms with Gasteiger partial charge in [-0.25, -0.2) is 9.48 Å². The minimum absolute atomic E-state index is 0.0665. The van der Waals surface area contributed by atoms with Crippen LogP contribution in [0.2, 0.25) is 0 Å². The zero-order valence-electron chi connectivity index (χ0n) is 16.6. The van der Waals surface area contributed by atoms with Crippen LogP contribution in [0.4, 0.5) is 0 Å². The molecule has 0 aliphatic carbocycles. The highest BCUT2D eigenvalue weighted by molar-refractivity contribution is 5.76. The molecule has 0 saturated carbocycles. The molecule has 7 nitrogen and oxygen atoms in total. The van der Waals surface area contributed by atoms with E-state index in [1.807, 2.05) is 30.3 Å². The summed E-state index contributed by atoms with van der Waals surface area (Å²) in [6.45, 7) is 3.56. The molecule has 0 radical (unpaired) electrons. The molecule has 2 aromatic rings. The Labute approximate surface area is 165 Å². The Bertz CT molecular complexity index is 828. The second-order valence-electron chi connectivity index (χ2n) is 7.48. The highest BCUT2D eigenvalue weighted by atomic mass is 16.3. The van der Waals surface area contributed by atoms with Gasteiger partial charge >= 0.3 is 5.69 Å². The first-order valence-corrected chi connectivity index (χ1v) is 10.2. The van der Waals surface area contributed by atoms with Crippen molar-refractivity contribution in [2.45, 2.75) is 64.6 Å². The van der Waals surface area contributed by atoms with Crippen molar-refractivity contribution in [1.29, 1.82) is 0 Å². The Balaban J connectivity index is 1.74. The molecule has 0 unspecified atom stereocenters. The van der Waals surface area contributed by atoms with Crippen LogP contribution >= 0.6 is 0 Å². The number of amides is 1. The van der Waals surface area contributed by atoms with Gasteiger partial charge in [0, 0.05) is 26.1 Å². The first-order valence-electron chi connectivity index (χ1n) is 10.2. The molecule has 1 aliphatic rings. The largest absolute Gasteiger partial charge is 0.391 e. The number of aliphatic hydroxyl groups is 1. The quantitative estimate of drug-likeness (QED) is 0.748. The fourth-order valence-corrected chi connectivity index (χ4v) is 3.63. The maximum atomic E-state index is 12.9. The number of β-amino-alcohol motifs (C(OH)–C–C–N with tert-alkyl or cyclic N) is 1. The Morgan fingerprint density at radius 3 is 2.75 bits per heavy atom. The van der Waals surface area contributed by atoms with E-state index in [9.17, 15) is 14.7 Å². The maximum Gasteiger partial charge on any atom is 0.346 e. The number of hydrogen-bond donors (Lipinski definition) is 1. The number of piperidine rings is 1. The molecule has 1 aromatic carbocycles. The third kappa shape index (κ3) is 5.10. The molecule has 2 heterocycles. The Morgan fingerprint density at radius 1 is 1.25 bits per heavy atom. The minimum Gasteiger partial charge on any atom is -0.391 e. The Kier molecular flexibility index (Phi) is 7.03. The second-order valence-corrected chi connectivity index (χ2v) is 7.48. The van der Waals surface area contributed by atoms with Crippen LogP contribution in [-0.2, 0) is 30.7 Å². The summed E-state index contributed by atoms with van der Waals surface area (Å²) in [5, 5.41) is 14.3. The third-order valence-electron chi connectivity index (χ3n) is 5.25. The summed E-state index contributed by atoms with van der Waals surface area (Å²) < 4.78 is 3.00. The number of rotatable bonds is 8. The van der Waals surface area contributed by atoms with E-state index in [2.05, 4.69) is 12.0 Å². The van der Waals surface area contributed by atoms with Crippen LogP contribution in [-0.4, -0.2) is 49.5 Å². The summed E-state index contributed by atoms with van der Waals surface area (Å²) in [7, 11) is 0. The number of aryl methyl sites for hydroxylation is 2. The normalized spacial score (nSPS) is 17.1. The molecule has 0 bridgehead atoms. The van der Waals surface area contributed by atoms with Gasteiger partial charge in [-0.05, 0) is 31.2 Å². The zero-order chi connectivity index (χ0) is 19.9. The van der Waals surface area contributed by atoms with Gasteiger partial charge in [0.1, 0.15) is 12.4 Å². The molecular formula is C21H30N4O3. The predicted molar refractivity (Wildman–Crippen MR) is 107 cm³/mol. The zero-order valence-corrected chi connectivity index (χ0v) is 16.6. The number of likely N-dealkylation sites (tertiary alicyclic amines) is 1. The predicted octanol–water partition coefficient (Wildman–Crippen LogP) is 1.61. The van der Waals surface area contributed by atoms with E-state index in [1.54, 1.807) is 9.47 Å². The van der Waals surface area contributed by atoms with Crippen molar-refractivity contribution >= 4 is 5.91 Å². The smallest absolute Gasteiger partial charge is 0.346 e. The lowest BCUT2D eigenvalue weighted by atomic mass is 10.1. The van der Waals surface area contributed by atoms with Crippen LogP contribution in [0.1, 0.15) is 44.0 Å². The standard InChI is InChI=1S/C21H30N4O3/c1-2-3-11-19-22-25(16-20(27)23-13-7-10-18(26)15-23)21(28)24(19)14-12-17-8-5-4-6-9-17/h4-6,8-9,18,26H,2-3,7,10-16H2,1H3/t18-/m0/s1. The number of carbonyl (C=O) groups is 1. The molecule has 1 aliphatic heterocycles. The number of aromatic nitrogens is 3. The van der Waals surface area contributed by atoms with Crippen molar-refractivity contribution in [2.75, 3.05) is 13.1 Å². The fraction of sp³-hybridized carbons (Fsp3) is 0.571. The van der Waals surface area contributed by atoms with E-state index in [-0.39, 0.29) is 18.1 Å². The number of hydrogen-bond acceptors (Lipinski definition) is 4. The van der Waals surface area contributed by atoms with Crippen molar-refractivity contribution in [1.82, 2.24) is 19.2 Å². The molecule has 152 valence electrons. The minimum atomic E-state index is -0.474. The molecule has 1 aromatic heterocycles. The van der Waals surface area contributed by atoms with Gasteiger partial charge in [-0.1, -0.05) is 43.7 Å². The second kappa shape index (κ2) is 9.68. The summed E-state index contributed by atoms with van der Waals surface area (Å²) in [6.07, 6.45) is 4.48. The summed E-state index contributed by atoms with van der Waals surface area (Å²) in [5.74, 6) is 0.588. The van der Waals surface area contributed by atoms with Crippen LogP contribution < -0.4 is 5.69 Å². The van der Waals surface area contributed by atoms with Crippen LogP contribution in [0.3, 0.4) is 0 Å². The molecule has 28 heavy (non-hydrogen) atoms. The molecule has 1 atom stereocenters. The van der Waals surface area contributed by atoms with Crippen LogP contribution in [0.5, 0.6) is 0 Å². The molecule has 7 heteroatoms. The molecule has 1 fully saturated rings. The van der Waals surface area contributed by atoms with E-state index in [0.29, 0.717) is 19.6 Å². The summed E-state index contributed by atoms with van der Waals surface area (Å²) in [4.78, 5) is 27.1. The molecule has 1 saturated heterocycles. The van der Waals surface area contributed by atoms with Gasteiger partial charge in [-0.15, -0.1) is 0 Å². The highest BCUT2D eigenvalue weighted by Crippen LogP contribution is 2.11. The van der Waals surface area contributed by atoms with Gasteiger partial charge < -0.3 is 10.0 Å². The van der Waals surface area contributed by atoms with Crippen molar-refractivity contribution < 1.29 is 9.90 Å². The van der Waals surface area contributed by atoms with Gasteiger partial charge in [0.25, 0.3) is 0 Å². The van der Waals surface area contributed by atoms with Crippen molar-refractivity contribution in [2.24, 2.45) is 0 Å². The first kappa shape index (κ1) is 20.3. The van der Waals surface area contributed by atoms with Crippen molar-refractivity contribution in [3.63, 3.8) is 0 Å². The van der Waals surface area contributed by atoms with E-state index in [4.69, 9.17) is 0 Å². The van der Waals surface area contributed by atoms with E-state index in [1.165, 1.54) is 10.2 Å². The van der Waals surface area contributed by atoms with Crippen LogP contribution in [0.15, 0.2) is 35.1 Å². The summed E-state index contributed by atoms with van der Waals surface area (Å²) in [6, 6.07) is 10.1. The lowest BCUT2D eigenvalue weighted by Gasteiger charge is -2.29. The van der Waals surface area contributed by atoms with Crippen LogP contribution in [0.25, 0.3) is 0 Å². The highest BCUT2D eigenvalue weighted by Gasteiger charge is 2.24. The SMILES string of the molecule is CCCCc1nn(CC(=O)N2CCC[C@H](O)C2)c(=O)n1CCc1ccccc1. The maximum absolute atomic E-state index is 12.9. The molecular weight excluding hydrogens is 356 g/mol. The Morgan fingerprint density at radius 2 is 2.04 bits per heavy atom. The van der Waals surface area contributed by atoms with Gasteiger partial charge in [0.2, 0.25) is 5.91 Å². The fourth-order valence-electron chi connectivity index (χ4n) is 3.63. The Hall–Kier alpha value is -2.41. The average molecular weight is 386 g/mol. The number of benzene rings is 1. The summed E-state index contributed by atoms with van der Waals surface area (Å²) in [5.41, 5.74) is 0.940. The van der Waals surface area contributed by atoms with Gasteiger partial charge in [-0.2, -0.15) is 5.10 Å². The third-order valence-corrected chi connectivity index (χ3v) is 5.25. The van der Waals surface area contributed by atoms with Crippen molar-refractivity contribution in [3.05, 3.63) is 52.2 Å². The van der Waals surface area contributed by atoms with Crippen LogP contribution in [0, 0.1) is 0 Å². The number of unbranched alkanes of at least 4 members (excludes halogenated alkanes) is 1. The van der Waals surface area contributed by atoms with Crippen molar-refractivity contribution in [3.8, 4) is 0 Å². The number of aliphatic hydroxyl groups excluding tert-OH is 1. The van der Waals surface area contributed by atoms with Gasteiger partial charge in [-0.3, -0.25) is 9.36 Å². The average Bonchev–Trinajstić information content (AvgIpc) is 3.00. The summed E-state index contributed by atoms with van der Waals surface area (Å²) >= 11 is 0.